The second-order valence-corrected chi connectivity index (χ2v) is 8.54. The van der Waals surface area contributed by atoms with Crippen molar-refractivity contribution >= 4 is 29.0 Å². The van der Waals surface area contributed by atoms with Gasteiger partial charge >= 0.3 is 0 Å². The van der Waals surface area contributed by atoms with Gasteiger partial charge in [0, 0.05) is 11.6 Å². The summed E-state index contributed by atoms with van der Waals surface area (Å²) in [5.74, 6) is 1.24. The van der Waals surface area contributed by atoms with E-state index in [9.17, 15) is 4.79 Å². The van der Waals surface area contributed by atoms with Crippen LogP contribution in [0.2, 0.25) is 0 Å². The van der Waals surface area contributed by atoms with E-state index < -0.39 is 0 Å². The second-order valence-electron chi connectivity index (χ2n) is 6.55. The average Bonchev–Trinajstić information content (AvgIpc) is 3.45. The maximum atomic E-state index is 11.8. The van der Waals surface area contributed by atoms with Crippen molar-refractivity contribution in [1.82, 2.24) is 20.5 Å². The zero-order valence-electron chi connectivity index (χ0n) is 15.6. The summed E-state index contributed by atoms with van der Waals surface area (Å²) in [5.41, 5.74) is 2.76. The van der Waals surface area contributed by atoms with E-state index in [0.29, 0.717) is 11.8 Å². The van der Waals surface area contributed by atoms with Crippen molar-refractivity contribution in [2.24, 2.45) is 0 Å². The third kappa shape index (κ3) is 4.51. The number of carbonyl (C=O) groups is 1. The van der Waals surface area contributed by atoms with Crippen LogP contribution in [0.3, 0.4) is 0 Å². The van der Waals surface area contributed by atoms with Crippen molar-refractivity contribution in [3.8, 4) is 26.9 Å². The second kappa shape index (κ2) is 8.28. The van der Waals surface area contributed by atoms with Crippen molar-refractivity contribution in [2.75, 3.05) is 12.9 Å². The Morgan fingerprint density at radius 3 is 2.64 bits per heavy atom. The fourth-order valence-corrected chi connectivity index (χ4v) is 4.31. The van der Waals surface area contributed by atoms with E-state index in [0.717, 1.165) is 50.5 Å². The number of aromatic nitrogens is 3. The molecule has 6 nitrogen and oxygen atoms in total. The van der Waals surface area contributed by atoms with Crippen LogP contribution >= 0.6 is 23.1 Å². The first-order chi connectivity index (χ1) is 13.6. The maximum Gasteiger partial charge on any atom is 0.230 e. The quantitative estimate of drug-likeness (QED) is 0.592. The van der Waals surface area contributed by atoms with E-state index in [1.54, 1.807) is 18.4 Å². The number of methoxy groups -OCH3 is 1. The minimum Gasteiger partial charge on any atom is -0.497 e. The molecule has 1 aliphatic carbocycles. The first-order valence-electron chi connectivity index (χ1n) is 9.00. The molecule has 1 saturated carbocycles. The highest BCUT2D eigenvalue weighted by Gasteiger charge is 2.23. The van der Waals surface area contributed by atoms with Gasteiger partial charge in [0.25, 0.3) is 0 Å². The number of rotatable bonds is 7. The zero-order chi connectivity index (χ0) is 19.5. The van der Waals surface area contributed by atoms with E-state index in [-0.39, 0.29) is 5.91 Å². The lowest BCUT2D eigenvalue weighted by Crippen LogP contribution is -2.27. The summed E-state index contributed by atoms with van der Waals surface area (Å²) in [4.78, 5) is 17.5. The Bertz CT molecular complexity index is 967. The molecule has 0 aliphatic heterocycles. The molecule has 0 spiro atoms. The molecule has 0 unspecified atom stereocenters. The normalized spacial score (nSPS) is 13.4. The SMILES string of the molecule is COc1ccc(-c2nc(C)c(-c3ccc(SCC(=O)NC4CC4)nn3)s2)cc1. The van der Waals surface area contributed by atoms with E-state index in [1.165, 1.54) is 11.8 Å². The van der Waals surface area contributed by atoms with Crippen LogP contribution in [0.15, 0.2) is 41.4 Å². The Kier molecular flexibility index (Phi) is 5.59. The smallest absolute Gasteiger partial charge is 0.230 e. The summed E-state index contributed by atoms with van der Waals surface area (Å²) in [6.07, 6.45) is 2.19. The number of ether oxygens (including phenoxy) is 1. The molecule has 3 aromatic rings. The van der Waals surface area contributed by atoms with Crippen LogP contribution < -0.4 is 10.1 Å². The van der Waals surface area contributed by atoms with Crippen LogP contribution in [0.5, 0.6) is 5.75 Å². The summed E-state index contributed by atoms with van der Waals surface area (Å²) in [6, 6.07) is 12.1. The molecule has 8 heteroatoms. The largest absolute Gasteiger partial charge is 0.497 e. The molecule has 0 atom stereocenters. The molecule has 144 valence electrons. The van der Waals surface area contributed by atoms with Gasteiger partial charge in [0.05, 0.1) is 23.4 Å². The van der Waals surface area contributed by atoms with Crippen LogP contribution in [-0.2, 0) is 4.79 Å². The Labute approximate surface area is 171 Å². The predicted molar refractivity (Wildman–Crippen MR) is 112 cm³/mol. The number of carbonyl (C=O) groups excluding carboxylic acids is 1. The molecule has 1 aromatic carbocycles. The van der Waals surface area contributed by atoms with Gasteiger partial charge in [-0.2, -0.15) is 0 Å². The lowest BCUT2D eigenvalue weighted by atomic mass is 10.2. The third-order valence-electron chi connectivity index (χ3n) is 4.30. The van der Waals surface area contributed by atoms with Gasteiger partial charge in [-0.1, -0.05) is 11.8 Å². The van der Waals surface area contributed by atoms with Crippen molar-refractivity contribution < 1.29 is 9.53 Å². The molecule has 2 heterocycles. The summed E-state index contributed by atoms with van der Waals surface area (Å²) in [7, 11) is 1.65. The number of amides is 1. The lowest BCUT2D eigenvalue weighted by Gasteiger charge is -2.03. The molecule has 1 N–H and O–H groups in total. The predicted octanol–water partition coefficient (Wildman–Crippen LogP) is 3.95. The first-order valence-corrected chi connectivity index (χ1v) is 10.8. The molecule has 0 radical (unpaired) electrons. The number of nitrogens with zero attached hydrogens (tertiary/aromatic N) is 3. The Hall–Kier alpha value is -2.45. The maximum absolute atomic E-state index is 11.8. The van der Waals surface area contributed by atoms with Crippen molar-refractivity contribution in [2.45, 2.75) is 30.8 Å². The van der Waals surface area contributed by atoms with E-state index in [2.05, 4.69) is 20.5 Å². The van der Waals surface area contributed by atoms with Gasteiger partial charge in [0.15, 0.2) is 0 Å². The summed E-state index contributed by atoms with van der Waals surface area (Å²) < 4.78 is 5.21. The van der Waals surface area contributed by atoms with Crippen LogP contribution in [-0.4, -0.2) is 40.0 Å². The molecule has 2 aromatic heterocycles. The zero-order valence-corrected chi connectivity index (χ0v) is 17.3. The van der Waals surface area contributed by atoms with Crippen molar-refractivity contribution in [1.29, 1.82) is 0 Å². The van der Waals surface area contributed by atoms with Crippen molar-refractivity contribution in [3.05, 3.63) is 42.1 Å². The van der Waals surface area contributed by atoms with E-state index in [4.69, 9.17) is 4.74 Å². The molecule has 1 amide bonds. The van der Waals surface area contributed by atoms with Gasteiger partial charge < -0.3 is 10.1 Å². The van der Waals surface area contributed by atoms with Crippen LogP contribution in [0.4, 0.5) is 0 Å². The fourth-order valence-electron chi connectivity index (χ4n) is 2.65. The summed E-state index contributed by atoms with van der Waals surface area (Å²) in [6.45, 7) is 1.98. The lowest BCUT2D eigenvalue weighted by molar-refractivity contribution is -0.118. The molecular formula is C20H20N4O2S2. The molecule has 1 fully saturated rings. The van der Waals surface area contributed by atoms with E-state index >= 15 is 0 Å². The highest BCUT2D eigenvalue weighted by atomic mass is 32.2. The topological polar surface area (TPSA) is 77.0 Å². The molecule has 0 bridgehead atoms. The van der Waals surface area contributed by atoms with Crippen LogP contribution in [0.25, 0.3) is 21.1 Å². The molecule has 0 saturated heterocycles. The minimum atomic E-state index is 0.0563. The Balaban J connectivity index is 1.44. The highest BCUT2D eigenvalue weighted by Crippen LogP contribution is 2.35. The number of thioether (sulfide) groups is 1. The third-order valence-corrected chi connectivity index (χ3v) is 6.45. The van der Waals surface area contributed by atoms with Crippen LogP contribution in [0, 0.1) is 6.92 Å². The number of nitrogens with one attached hydrogen (secondary N) is 1. The van der Waals surface area contributed by atoms with Crippen molar-refractivity contribution in [3.63, 3.8) is 0 Å². The standard InChI is InChI=1S/C20H20N4O2S2/c1-12-19(28-20(21-12)13-3-7-15(26-2)8-4-13)16-9-10-18(24-23-16)27-11-17(25)22-14-5-6-14/h3-4,7-10,14H,5-6,11H2,1-2H3,(H,22,25). The molecule has 1 aliphatic rings. The van der Waals surface area contributed by atoms with Crippen LogP contribution in [0.1, 0.15) is 18.5 Å². The Morgan fingerprint density at radius 2 is 2.00 bits per heavy atom. The van der Waals surface area contributed by atoms with Gasteiger partial charge in [-0.05, 0) is 56.2 Å². The monoisotopic (exact) mass is 412 g/mol. The number of hydrogen-bond acceptors (Lipinski definition) is 7. The summed E-state index contributed by atoms with van der Waals surface area (Å²) >= 11 is 2.99. The first kappa shape index (κ1) is 18.9. The number of thiazole rings is 1. The molecule has 28 heavy (non-hydrogen) atoms. The average molecular weight is 413 g/mol. The Morgan fingerprint density at radius 1 is 1.21 bits per heavy atom. The molecular weight excluding hydrogens is 392 g/mol. The van der Waals surface area contributed by atoms with Gasteiger partial charge in [0.1, 0.15) is 21.5 Å². The molecule has 4 rings (SSSR count). The highest BCUT2D eigenvalue weighted by molar-refractivity contribution is 7.99. The number of aryl methyl sites for hydroxylation is 1. The van der Waals surface area contributed by atoms with E-state index in [1.807, 2.05) is 43.3 Å². The van der Waals surface area contributed by atoms with Gasteiger partial charge in [0.2, 0.25) is 5.91 Å². The summed E-state index contributed by atoms with van der Waals surface area (Å²) in [5, 5.41) is 13.3. The van der Waals surface area contributed by atoms with Gasteiger partial charge in [-0.15, -0.1) is 21.5 Å². The minimum absolute atomic E-state index is 0.0563. The van der Waals surface area contributed by atoms with Gasteiger partial charge in [-0.3, -0.25) is 4.79 Å². The fraction of sp³-hybridized carbons (Fsp3) is 0.300. The number of hydrogen-bond donors (Lipinski definition) is 1. The van der Waals surface area contributed by atoms with Gasteiger partial charge in [-0.25, -0.2) is 4.98 Å². The number of benzene rings is 1.